The van der Waals surface area contributed by atoms with Gasteiger partial charge in [0.1, 0.15) is 17.3 Å². The Kier molecular flexibility index (Phi) is 5.37. The van der Waals surface area contributed by atoms with Gasteiger partial charge in [-0.05, 0) is 29.3 Å². The molecule has 0 unspecified atom stereocenters. The van der Waals surface area contributed by atoms with Crippen LogP contribution in [0.1, 0.15) is 48.1 Å². The molecule has 7 rings (SSSR count). The van der Waals surface area contributed by atoms with E-state index >= 15 is 0 Å². The monoisotopic (exact) mass is 544 g/mol. The fourth-order valence-electron chi connectivity index (χ4n) is 6.90. The zero-order valence-corrected chi connectivity index (χ0v) is 21.4. The summed E-state index contributed by atoms with van der Waals surface area (Å²) in [5, 5.41) is 11.6. The van der Waals surface area contributed by atoms with Gasteiger partial charge in [-0.15, -0.1) is 0 Å². The van der Waals surface area contributed by atoms with Crippen molar-refractivity contribution in [3.63, 3.8) is 0 Å². The standard InChI is InChI=1S/C33H21FN2O5/c34-22-15-12-20(13-16-22)28-29(30(37)21-7-5-8-23(18-21)36(40)41)35-26-11-4-1-6-19(26)14-17-27(35)33(28)31(38)24-9-2-3-10-25(24)32(33)39/h1-18,27-29H/t27-,28-,29+/m1/s1. The molecule has 1 saturated heterocycles. The van der Waals surface area contributed by atoms with Gasteiger partial charge < -0.3 is 4.90 Å². The van der Waals surface area contributed by atoms with Crippen molar-refractivity contribution in [2.24, 2.45) is 5.41 Å². The molecule has 3 atom stereocenters. The van der Waals surface area contributed by atoms with Crippen molar-refractivity contribution >= 4 is 34.8 Å². The number of hydrogen-bond donors (Lipinski definition) is 0. The fourth-order valence-corrected chi connectivity index (χ4v) is 6.90. The molecule has 3 aliphatic rings. The minimum absolute atomic E-state index is 0.0783. The Labute approximate surface area is 233 Å². The van der Waals surface area contributed by atoms with E-state index in [0.29, 0.717) is 11.3 Å². The van der Waals surface area contributed by atoms with Crippen LogP contribution in [0.3, 0.4) is 0 Å². The molecule has 0 aromatic heterocycles. The quantitative estimate of drug-likeness (QED) is 0.134. The molecule has 8 heteroatoms. The van der Waals surface area contributed by atoms with Crippen molar-refractivity contribution in [1.82, 2.24) is 0 Å². The molecule has 1 aliphatic carbocycles. The summed E-state index contributed by atoms with van der Waals surface area (Å²) in [4.78, 5) is 56.5. The van der Waals surface area contributed by atoms with Gasteiger partial charge in [-0.1, -0.05) is 78.9 Å². The highest BCUT2D eigenvalue weighted by Gasteiger charge is 2.71. The number of carbonyl (C=O) groups excluding carboxylic acids is 3. The van der Waals surface area contributed by atoms with Gasteiger partial charge in [0.05, 0.1) is 11.0 Å². The molecule has 1 spiro atoms. The van der Waals surface area contributed by atoms with Crippen LogP contribution in [0.2, 0.25) is 0 Å². The molecular formula is C33H21FN2O5. The third-order valence-electron chi connectivity index (χ3n) is 8.55. The summed E-state index contributed by atoms with van der Waals surface area (Å²) in [6, 6.07) is 23.0. The number of fused-ring (bicyclic) bond motifs is 5. The molecule has 4 aromatic rings. The summed E-state index contributed by atoms with van der Waals surface area (Å²) < 4.78 is 14.2. The average molecular weight is 545 g/mol. The molecule has 0 radical (unpaired) electrons. The number of para-hydroxylation sites is 1. The van der Waals surface area contributed by atoms with Crippen LogP contribution in [0.25, 0.3) is 6.08 Å². The lowest BCUT2D eigenvalue weighted by atomic mass is 9.64. The Morgan fingerprint density at radius 1 is 0.854 bits per heavy atom. The maximum Gasteiger partial charge on any atom is 0.270 e. The molecule has 2 aliphatic heterocycles. The Bertz CT molecular complexity index is 1790. The van der Waals surface area contributed by atoms with E-state index in [9.17, 15) is 28.9 Å². The molecule has 200 valence electrons. The Balaban J connectivity index is 1.54. The zero-order chi connectivity index (χ0) is 28.5. The number of halogens is 1. The normalized spacial score (nSPS) is 21.5. The number of anilines is 1. The highest BCUT2D eigenvalue weighted by molar-refractivity contribution is 6.32. The summed E-state index contributed by atoms with van der Waals surface area (Å²) >= 11 is 0. The summed E-state index contributed by atoms with van der Waals surface area (Å²) in [7, 11) is 0. The number of nitro benzene ring substituents is 1. The second-order valence-electron chi connectivity index (χ2n) is 10.5. The van der Waals surface area contributed by atoms with Crippen molar-refractivity contribution in [3.8, 4) is 0 Å². The highest BCUT2D eigenvalue weighted by Crippen LogP contribution is 2.61. The SMILES string of the molecule is O=C(c1cccc([N+](=O)[O-])c1)[C@@H]1[C@@H](c2ccc(F)cc2)C2(C(=O)c3ccccc3C2=O)[C@H]2C=Cc3ccccc3N12. The van der Waals surface area contributed by atoms with Crippen molar-refractivity contribution in [3.05, 3.63) is 147 Å². The van der Waals surface area contributed by atoms with Crippen molar-refractivity contribution < 1.29 is 23.7 Å². The maximum atomic E-state index is 14.6. The van der Waals surface area contributed by atoms with Crippen molar-refractivity contribution in [2.45, 2.75) is 18.0 Å². The second-order valence-corrected chi connectivity index (χ2v) is 10.5. The van der Waals surface area contributed by atoms with Gasteiger partial charge >= 0.3 is 0 Å². The lowest BCUT2D eigenvalue weighted by Crippen LogP contribution is -2.48. The first-order valence-corrected chi connectivity index (χ1v) is 13.1. The summed E-state index contributed by atoms with van der Waals surface area (Å²) in [5.41, 5.74) is 0.556. The molecule has 2 heterocycles. The lowest BCUT2D eigenvalue weighted by Gasteiger charge is -2.37. The largest absolute Gasteiger partial charge is 0.352 e. The fraction of sp³-hybridized carbons (Fsp3) is 0.121. The number of ketones is 3. The van der Waals surface area contributed by atoms with Crippen LogP contribution in [0.5, 0.6) is 0 Å². The van der Waals surface area contributed by atoms with E-state index in [4.69, 9.17) is 0 Å². The Morgan fingerprint density at radius 2 is 1.51 bits per heavy atom. The van der Waals surface area contributed by atoms with Gasteiger partial charge in [-0.3, -0.25) is 24.5 Å². The first-order valence-electron chi connectivity index (χ1n) is 13.1. The number of non-ortho nitro benzene ring substituents is 1. The maximum absolute atomic E-state index is 14.6. The number of nitrogens with zero attached hydrogens (tertiary/aromatic N) is 2. The molecule has 0 saturated carbocycles. The summed E-state index contributed by atoms with van der Waals surface area (Å²) in [6.07, 6.45) is 3.64. The molecule has 0 bridgehead atoms. The number of hydrogen-bond acceptors (Lipinski definition) is 6. The number of Topliss-reactive ketones (excluding diaryl/α,β-unsaturated/α-hetero) is 3. The zero-order valence-electron chi connectivity index (χ0n) is 21.4. The van der Waals surface area contributed by atoms with Gasteiger partial charge in [0.15, 0.2) is 17.3 Å². The molecule has 4 aromatic carbocycles. The predicted octanol–water partition coefficient (Wildman–Crippen LogP) is 6.05. The lowest BCUT2D eigenvalue weighted by molar-refractivity contribution is -0.384. The highest BCUT2D eigenvalue weighted by atomic mass is 19.1. The number of carbonyl (C=O) groups is 3. The van der Waals surface area contributed by atoms with E-state index in [1.54, 1.807) is 30.3 Å². The van der Waals surface area contributed by atoms with E-state index in [2.05, 4.69) is 0 Å². The first-order chi connectivity index (χ1) is 19.8. The van der Waals surface area contributed by atoms with E-state index in [0.717, 1.165) is 5.56 Å². The molecular weight excluding hydrogens is 523 g/mol. The third kappa shape index (κ3) is 3.34. The van der Waals surface area contributed by atoms with E-state index in [-0.39, 0.29) is 22.4 Å². The molecule has 0 N–H and O–H groups in total. The van der Waals surface area contributed by atoms with Gasteiger partial charge in [0.25, 0.3) is 5.69 Å². The van der Waals surface area contributed by atoms with E-state index in [1.165, 1.54) is 48.5 Å². The second kappa shape index (κ2) is 8.89. The number of benzene rings is 4. The summed E-state index contributed by atoms with van der Waals surface area (Å²) in [5.74, 6) is -2.81. The Morgan fingerprint density at radius 3 is 2.20 bits per heavy atom. The van der Waals surface area contributed by atoms with Crippen LogP contribution in [0.15, 0.2) is 103 Å². The summed E-state index contributed by atoms with van der Waals surface area (Å²) in [6.45, 7) is 0. The minimum atomic E-state index is -1.73. The van der Waals surface area contributed by atoms with E-state index in [1.807, 2.05) is 35.2 Å². The van der Waals surface area contributed by atoms with Crippen LogP contribution in [0.4, 0.5) is 15.8 Å². The van der Waals surface area contributed by atoms with Crippen LogP contribution in [0, 0.1) is 21.3 Å². The van der Waals surface area contributed by atoms with Gasteiger partial charge in [-0.2, -0.15) is 0 Å². The van der Waals surface area contributed by atoms with Crippen LogP contribution < -0.4 is 4.90 Å². The molecule has 0 amide bonds. The van der Waals surface area contributed by atoms with Crippen LogP contribution >= 0.6 is 0 Å². The minimum Gasteiger partial charge on any atom is -0.352 e. The topological polar surface area (TPSA) is 97.6 Å². The molecule has 1 fully saturated rings. The Hall–Kier alpha value is -5.24. The van der Waals surface area contributed by atoms with Gasteiger partial charge in [-0.25, -0.2) is 4.39 Å². The van der Waals surface area contributed by atoms with Crippen LogP contribution in [-0.2, 0) is 0 Å². The first kappa shape index (κ1) is 24.8. The smallest absolute Gasteiger partial charge is 0.270 e. The van der Waals surface area contributed by atoms with Crippen molar-refractivity contribution in [1.29, 1.82) is 0 Å². The molecule has 41 heavy (non-hydrogen) atoms. The van der Waals surface area contributed by atoms with E-state index < -0.39 is 51.5 Å². The van der Waals surface area contributed by atoms with Gasteiger partial charge in [0.2, 0.25) is 0 Å². The third-order valence-corrected chi connectivity index (χ3v) is 8.55. The average Bonchev–Trinajstić information content (AvgIpc) is 3.43. The number of nitro groups is 1. The number of rotatable bonds is 4. The molecule has 7 nitrogen and oxygen atoms in total. The van der Waals surface area contributed by atoms with Crippen molar-refractivity contribution in [2.75, 3.05) is 4.90 Å². The van der Waals surface area contributed by atoms with Gasteiger partial charge in [0, 0.05) is 40.4 Å². The van der Waals surface area contributed by atoms with Crippen LogP contribution in [-0.4, -0.2) is 34.4 Å². The predicted molar refractivity (Wildman–Crippen MR) is 150 cm³/mol.